The molecule has 2 N–H and O–H groups in total. The van der Waals surface area contributed by atoms with Gasteiger partial charge in [0.15, 0.2) is 6.61 Å². The van der Waals surface area contributed by atoms with Crippen LogP contribution in [-0.4, -0.2) is 31.5 Å². The Morgan fingerprint density at radius 3 is 2.84 bits per heavy atom. The molecule has 0 bridgehead atoms. The lowest BCUT2D eigenvalue weighted by molar-refractivity contribution is -0.127. The topological polar surface area (TPSA) is 80.6 Å². The van der Waals surface area contributed by atoms with Gasteiger partial charge in [-0.25, -0.2) is 0 Å². The maximum atomic E-state index is 11.8. The number of nitrogens with one attached hydrogen (secondary N) is 2. The molecule has 1 aliphatic carbocycles. The van der Waals surface area contributed by atoms with Crippen molar-refractivity contribution >= 4 is 22.8 Å². The van der Waals surface area contributed by atoms with Gasteiger partial charge in [-0.3, -0.25) is 9.59 Å². The number of carbonyl (C=O) groups excluding carboxylic acids is 2. The van der Waals surface area contributed by atoms with Crippen molar-refractivity contribution in [1.29, 1.82) is 0 Å². The molecule has 0 atom stereocenters. The number of furan rings is 1. The Labute approximate surface area is 146 Å². The highest BCUT2D eigenvalue weighted by atomic mass is 16.5. The summed E-state index contributed by atoms with van der Waals surface area (Å²) in [5.41, 5.74) is 2.14. The van der Waals surface area contributed by atoms with Crippen molar-refractivity contribution in [1.82, 2.24) is 10.6 Å². The summed E-state index contributed by atoms with van der Waals surface area (Å²) in [6.45, 7) is 2.43. The number of hydrogen-bond donors (Lipinski definition) is 2. The molecule has 2 amide bonds. The van der Waals surface area contributed by atoms with Crippen molar-refractivity contribution in [2.75, 3.05) is 19.7 Å². The van der Waals surface area contributed by atoms with E-state index in [1.54, 1.807) is 6.07 Å². The van der Waals surface area contributed by atoms with Crippen LogP contribution < -0.4 is 15.4 Å². The van der Waals surface area contributed by atoms with Crippen LogP contribution >= 0.6 is 0 Å². The lowest BCUT2D eigenvalue weighted by Gasteiger charge is -2.09. The Morgan fingerprint density at radius 2 is 2.00 bits per heavy atom. The molecular formula is C19H24N2O4. The van der Waals surface area contributed by atoms with Gasteiger partial charge in [0.2, 0.25) is 5.91 Å². The summed E-state index contributed by atoms with van der Waals surface area (Å²) in [6.07, 6.45) is 5.22. The quantitative estimate of drug-likeness (QED) is 0.808. The molecule has 1 heterocycles. The summed E-state index contributed by atoms with van der Waals surface area (Å²) in [6, 6.07) is 5.63. The average Bonchev–Trinajstić information content (AvgIpc) is 3.01. The third-order valence-corrected chi connectivity index (χ3v) is 4.31. The van der Waals surface area contributed by atoms with Crippen molar-refractivity contribution in [3.63, 3.8) is 0 Å². The number of hydrogen-bond acceptors (Lipinski definition) is 4. The zero-order valence-corrected chi connectivity index (χ0v) is 14.5. The minimum atomic E-state index is -0.319. The molecule has 0 spiro atoms. The Bertz CT molecular complexity index is 766. The van der Waals surface area contributed by atoms with E-state index >= 15 is 0 Å². The molecule has 2 aromatic rings. The average molecular weight is 344 g/mol. The van der Waals surface area contributed by atoms with E-state index in [4.69, 9.17) is 9.15 Å². The van der Waals surface area contributed by atoms with Crippen molar-refractivity contribution in [2.45, 2.75) is 39.0 Å². The second-order valence-electron chi connectivity index (χ2n) is 6.28. The van der Waals surface area contributed by atoms with Gasteiger partial charge >= 0.3 is 0 Å². The molecule has 3 rings (SSSR count). The van der Waals surface area contributed by atoms with Gasteiger partial charge in [0.25, 0.3) is 5.91 Å². The highest BCUT2D eigenvalue weighted by Crippen LogP contribution is 2.33. The summed E-state index contributed by atoms with van der Waals surface area (Å²) in [4.78, 5) is 23.3. The molecule has 134 valence electrons. The third-order valence-electron chi connectivity index (χ3n) is 4.31. The van der Waals surface area contributed by atoms with Crippen molar-refractivity contribution in [3.8, 4) is 5.75 Å². The van der Waals surface area contributed by atoms with Gasteiger partial charge in [-0.1, -0.05) is 6.92 Å². The zero-order valence-electron chi connectivity index (χ0n) is 14.5. The zero-order chi connectivity index (χ0) is 17.6. The van der Waals surface area contributed by atoms with Crippen LogP contribution in [-0.2, 0) is 22.4 Å². The van der Waals surface area contributed by atoms with Crippen LogP contribution in [0.25, 0.3) is 11.0 Å². The second-order valence-corrected chi connectivity index (χ2v) is 6.28. The van der Waals surface area contributed by atoms with E-state index in [0.717, 1.165) is 36.0 Å². The van der Waals surface area contributed by atoms with Crippen LogP contribution in [0.1, 0.15) is 37.5 Å². The van der Waals surface area contributed by atoms with E-state index in [1.807, 2.05) is 19.1 Å². The molecule has 0 radical (unpaired) electrons. The van der Waals surface area contributed by atoms with Gasteiger partial charge in [-0.15, -0.1) is 0 Å². The third kappa shape index (κ3) is 4.32. The molecule has 25 heavy (non-hydrogen) atoms. The summed E-state index contributed by atoms with van der Waals surface area (Å²) >= 11 is 0. The van der Waals surface area contributed by atoms with E-state index in [2.05, 4.69) is 10.6 Å². The molecule has 0 saturated carbocycles. The normalized spacial score (nSPS) is 13.3. The van der Waals surface area contributed by atoms with Gasteiger partial charge in [0, 0.05) is 23.9 Å². The highest BCUT2D eigenvalue weighted by Gasteiger charge is 2.18. The number of benzene rings is 1. The Kier molecular flexibility index (Phi) is 5.58. The fourth-order valence-electron chi connectivity index (χ4n) is 3.04. The molecule has 0 aliphatic heterocycles. The molecule has 0 unspecified atom stereocenters. The van der Waals surface area contributed by atoms with E-state index in [-0.39, 0.29) is 25.0 Å². The molecule has 1 aromatic heterocycles. The molecule has 0 saturated heterocycles. The lowest BCUT2D eigenvalue weighted by Crippen LogP contribution is -2.39. The lowest BCUT2D eigenvalue weighted by atomic mass is 9.96. The fraction of sp³-hybridized carbons (Fsp3) is 0.474. The number of carbonyl (C=O) groups is 2. The van der Waals surface area contributed by atoms with Crippen LogP contribution in [0.2, 0.25) is 0 Å². The Morgan fingerprint density at radius 1 is 1.16 bits per heavy atom. The van der Waals surface area contributed by atoms with Gasteiger partial charge in [0.05, 0.1) is 6.54 Å². The molecule has 1 aliphatic rings. The minimum absolute atomic E-state index is 0.0313. The maximum absolute atomic E-state index is 11.8. The van der Waals surface area contributed by atoms with Crippen molar-refractivity contribution in [3.05, 3.63) is 29.5 Å². The summed E-state index contributed by atoms with van der Waals surface area (Å²) in [7, 11) is 0. The van der Waals surface area contributed by atoms with E-state index in [1.165, 1.54) is 18.4 Å². The van der Waals surface area contributed by atoms with Gasteiger partial charge < -0.3 is 19.8 Å². The number of amides is 2. The SMILES string of the molecule is CCCNC(=O)CNC(=O)COc1ccc2oc3c(c2c1)CCCC3. The first-order valence-corrected chi connectivity index (χ1v) is 8.88. The first-order valence-electron chi connectivity index (χ1n) is 8.88. The predicted molar refractivity (Wildman–Crippen MR) is 94.7 cm³/mol. The van der Waals surface area contributed by atoms with E-state index < -0.39 is 0 Å². The standard InChI is InChI=1S/C19H24N2O4/c1-2-9-20-18(22)11-21-19(23)12-24-13-7-8-17-15(10-13)14-5-3-4-6-16(14)25-17/h7-8,10H,2-6,9,11-12H2,1H3,(H,20,22)(H,21,23). The van der Waals surface area contributed by atoms with E-state index in [9.17, 15) is 9.59 Å². The molecule has 1 aromatic carbocycles. The van der Waals surface area contributed by atoms with Crippen LogP contribution in [0.5, 0.6) is 5.75 Å². The molecule has 6 heteroatoms. The van der Waals surface area contributed by atoms with Crippen LogP contribution in [0.3, 0.4) is 0 Å². The van der Waals surface area contributed by atoms with Crippen molar-refractivity contribution in [2.24, 2.45) is 0 Å². The maximum Gasteiger partial charge on any atom is 0.258 e. The van der Waals surface area contributed by atoms with Crippen LogP contribution in [0.15, 0.2) is 22.6 Å². The van der Waals surface area contributed by atoms with Crippen LogP contribution in [0, 0.1) is 0 Å². The van der Waals surface area contributed by atoms with Gasteiger partial charge in [-0.2, -0.15) is 0 Å². The number of rotatable bonds is 7. The molecular weight excluding hydrogens is 320 g/mol. The van der Waals surface area contributed by atoms with Gasteiger partial charge in [0.1, 0.15) is 17.1 Å². The number of aryl methyl sites for hydroxylation is 2. The van der Waals surface area contributed by atoms with Crippen LogP contribution in [0.4, 0.5) is 0 Å². The number of fused-ring (bicyclic) bond motifs is 3. The molecule has 0 fully saturated rings. The van der Waals surface area contributed by atoms with E-state index in [0.29, 0.717) is 12.3 Å². The minimum Gasteiger partial charge on any atom is -0.484 e. The van der Waals surface area contributed by atoms with Crippen molar-refractivity contribution < 1.29 is 18.7 Å². The largest absolute Gasteiger partial charge is 0.484 e. The first kappa shape index (κ1) is 17.3. The summed E-state index contributed by atoms with van der Waals surface area (Å²) in [5.74, 6) is 1.20. The predicted octanol–water partition coefficient (Wildman–Crippen LogP) is 2.33. The smallest absolute Gasteiger partial charge is 0.258 e. The van der Waals surface area contributed by atoms with Gasteiger partial charge in [-0.05, 0) is 43.9 Å². The summed E-state index contributed by atoms with van der Waals surface area (Å²) < 4.78 is 11.5. The Balaban J connectivity index is 1.54. The molecule has 6 nitrogen and oxygen atoms in total. The highest BCUT2D eigenvalue weighted by molar-refractivity contribution is 5.86. The number of ether oxygens (including phenoxy) is 1. The summed E-state index contributed by atoms with van der Waals surface area (Å²) in [5, 5.41) is 6.33. The fourth-order valence-corrected chi connectivity index (χ4v) is 3.04. The Hall–Kier alpha value is -2.50. The second kappa shape index (κ2) is 8.05. The first-order chi connectivity index (χ1) is 12.2. The monoisotopic (exact) mass is 344 g/mol.